The molecule has 0 aliphatic carbocycles. The number of aromatic amines is 1. The van der Waals surface area contributed by atoms with Gasteiger partial charge in [-0.05, 0) is 19.1 Å². The van der Waals surface area contributed by atoms with Crippen LogP contribution in [0.4, 0.5) is 4.39 Å². The highest BCUT2D eigenvalue weighted by atomic mass is 19.1. The molecular formula is C12H13FN4O. The Morgan fingerprint density at radius 1 is 1.50 bits per heavy atom. The summed E-state index contributed by atoms with van der Waals surface area (Å²) in [5, 5.41) is 6.34. The lowest BCUT2D eigenvalue weighted by molar-refractivity contribution is 0.0777. The molecule has 0 radical (unpaired) electrons. The molecule has 0 atom stereocenters. The Balaban J connectivity index is 2.17. The molecule has 6 heteroatoms. The van der Waals surface area contributed by atoms with Crippen LogP contribution in [0.25, 0.3) is 0 Å². The third kappa shape index (κ3) is 2.53. The molecule has 1 heterocycles. The number of carbonyl (C=O) groups is 1. The molecule has 0 saturated heterocycles. The largest absolute Gasteiger partial charge is 0.334 e. The lowest BCUT2D eigenvalue weighted by Gasteiger charge is -2.16. The van der Waals surface area contributed by atoms with Crippen molar-refractivity contribution in [3.05, 3.63) is 47.3 Å². The summed E-state index contributed by atoms with van der Waals surface area (Å²) in [5.41, 5.74) is 0.907. The monoisotopic (exact) mass is 248 g/mol. The van der Waals surface area contributed by atoms with Crippen LogP contribution in [-0.4, -0.2) is 33.0 Å². The molecule has 94 valence electrons. The molecule has 0 aliphatic rings. The van der Waals surface area contributed by atoms with Crippen LogP contribution in [0.3, 0.4) is 0 Å². The molecule has 0 aliphatic heterocycles. The third-order valence-corrected chi connectivity index (χ3v) is 2.55. The first-order chi connectivity index (χ1) is 8.58. The molecular weight excluding hydrogens is 235 g/mol. The van der Waals surface area contributed by atoms with Gasteiger partial charge in [0, 0.05) is 7.05 Å². The maximum absolute atomic E-state index is 13.6. The van der Waals surface area contributed by atoms with Gasteiger partial charge in [-0.1, -0.05) is 11.6 Å². The Bertz CT molecular complexity index is 553. The number of H-pyrrole nitrogens is 1. The van der Waals surface area contributed by atoms with Gasteiger partial charge in [0.1, 0.15) is 18.0 Å². The molecule has 0 fully saturated rings. The molecule has 2 aromatic rings. The maximum Gasteiger partial charge on any atom is 0.256 e. The predicted molar refractivity (Wildman–Crippen MR) is 63.3 cm³/mol. The molecule has 0 spiro atoms. The van der Waals surface area contributed by atoms with Gasteiger partial charge in [-0.15, -0.1) is 0 Å². The van der Waals surface area contributed by atoms with Crippen LogP contribution < -0.4 is 0 Å². The molecule has 1 aromatic heterocycles. The van der Waals surface area contributed by atoms with Crippen molar-refractivity contribution in [1.82, 2.24) is 20.1 Å². The zero-order valence-electron chi connectivity index (χ0n) is 10.1. The van der Waals surface area contributed by atoms with Crippen molar-refractivity contribution in [3.8, 4) is 0 Å². The summed E-state index contributed by atoms with van der Waals surface area (Å²) in [6.07, 6.45) is 1.36. The Labute approximate surface area is 104 Å². The summed E-state index contributed by atoms with van der Waals surface area (Å²) in [7, 11) is 1.59. The topological polar surface area (TPSA) is 61.9 Å². The first kappa shape index (κ1) is 12.2. The SMILES string of the molecule is Cc1ccc(F)c(C(=O)N(C)Cc2ncn[nH]2)c1. The molecule has 0 saturated carbocycles. The number of aryl methyl sites for hydroxylation is 1. The van der Waals surface area contributed by atoms with Crippen molar-refractivity contribution in [2.24, 2.45) is 0 Å². The minimum Gasteiger partial charge on any atom is -0.334 e. The van der Waals surface area contributed by atoms with Crippen LogP contribution >= 0.6 is 0 Å². The number of nitrogens with one attached hydrogen (secondary N) is 1. The summed E-state index contributed by atoms with van der Waals surface area (Å²) < 4.78 is 13.6. The van der Waals surface area contributed by atoms with Gasteiger partial charge >= 0.3 is 0 Å². The van der Waals surface area contributed by atoms with Crippen molar-refractivity contribution in [2.45, 2.75) is 13.5 Å². The fraction of sp³-hybridized carbons (Fsp3) is 0.250. The normalized spacial score (nSPS) is 10.4. The second-order valence-corrected chi connectivity index (χ2v) is 4.08. The first-order valence-electron chi connectivity index (χ1n) is 5.44. The highest BCUT2D eigenvalue weighted by Gasteiger charge is 2.17. The minimum atomic E-state index is -0.519. The van der Waals surface area contributed by atoms with Crippen molar-refractivity contribution in [2.75, 3.05) is 7.05 Å². The van der Waals surface area contributed by atoms with Gasteiger partial charge in [0.15, 0.2) is 0 Å². The number of rotatable bonds is 3. The maximum atomic E-state index is 13.6. The second-order valence-electron chi connectivity index (χ2n) is 4.08. The summed E-state index contributed by atoms with van der Waals surface area (Å²) >= 11 is 0. The smallest absolute Gasteiger partial charge is 0.256 e. The van der Waals surface area contributed by atoms with E-state index in [1.54, 1.807) is 13.1 Å². The van der Waals surface area contributed by atoms with E-state index in [9.17, 15) is 9.18 Å². The lowest BCUT2D eigenvalue weighted by atomic mass is 10.1. The van der Waals surface area contributed by atoms with Crippen LogP contribution in [0.1, 0.15) is 21.7 Å². The van der Waals surface area contributed by atoms with E-state index in [0.717, 1.165) is 5.56 Å². The summed E-state index contributed by atoms with van der Waals surface area (Å²) in [6.45, 7) is 2.07. The predicted octanol–water partition coefficient (Wildman–Crippen LogP) is 1.52. The molecule has 2 rings (SSSR count). The number of hydrogen-bond acceptors (Lipinski definition) is 3. The van der Waals surface area contributed by atoms with Gasteiger partial charge in [0.2, 0.25) is 0 Å². The Hall–Kier alpha value is -2.24. The molecule has 1 N–H and O–H groups in total. The van der Waals surface area contributed by atoms with Crippen molar-refractivity contribution >= 4 is 5.91 Å². The Kier molecular flexibility index (Phi) is 3.36. The lowest BCUT2D eigenvalue weighted by Crippen LogP contribution is -2.27. The van der Waals surface area contributed by atoms with E-state index in [4.69, 9.17) is 0 Å². The number of benzene rings is 1. The average molecular weight is 248 g/mol. The Morgan fingerprint density at radius 2 is 2.28 bits per heavy atom. The molecule has 0 unspecified atom stereocenters. The number of aromatic nitrogens is 3. The molecule has 1 aromatic carbocycles. The highest BCUT2D eigenvalue weighted by molar-refractivity contribution is 5.94. The van der Waals surface area contributed by atoms with E-state index in [0.29, 0.717) is 5.82 Å². The minimum absolute atomic E-state index is 0.0667. The van der Waals surface area contributed by atoms with E-state index in [-0.39, 0.29) is 18.0 Å². The summed E-state index contributed by atoms with van der Waals surface area (Å²) in [4.78, 5) is 17.4. The van der Waals surface area contributed by atoms with Crippen molar-refractivity contribution in [1.29, 1.82) is 0 Å². The zero-order valence-corrected chi connectivity index (χ0v) is 10.1. The molecule has 0 bridgehead atoms. The number of amides is 1. The van der Waals surface area contributed by atoms with Crippen LogP contribution in [0.15, 0.2) is 24.5 Å². The van der Waals surface area contributed by atoms with Crippen LogP contribution in [0, 0.1) is 12.7 Å². The highest BCUT2D eigenvalue weighted by Crippen LogP contribution is 2.13. The fourth-order valence-electron chi connectivity index (χ4n) is 1.61. The number of nitrogens with zero attached hydrogens (tertiary/aromatic N) is 3. The summed E-state index contributed by atoms with van der Waals surface area (Å²) in [5.74, 6) is -0.346. The van der Waals surface area contributed by atoms with Crippen molar-refractivity contribution < 1.29 is 9.18 Å². The fourth-order valence-corrected chi connectivity index (χ4v) is 1.61. The third-order valence-electron chi connectivity index (χ3n) is 2.55. The van der Waals surface area contributed by atoms with Gasteiger partial charge in [-0.3, -0.25) is 9.89 Å². The molecule has 18 heavy (non-hydrogen) atoms. The zero-order chi connectivity index (χ0) is 13.1. The quantitative estimate of drug-likeness (QED) is 0.895. The molecule has 1 amide bonds. The number of halogens is 1. The van der Waals surface area contributed by atoms with Crippen molar-refractivity contribution in [3.63, 3.8) is 0 Å². The number of hydrogen-bond donors (Lipinski definition) is 1. The van der Waals surface area contributed by atoms with Gasteiger partial charge in [0.25, 0.3) is 5.91 Å². The van der Waals surface area contributed by atoms with E-state index >= 15 is 0 Å². The van der Waals surface area contributed by atoms with E-state index in [2.05, 4.69) is 15.2 Å². The molecule has 5 nitrogen and oxygen atoms in total. The van der Waals surface area contributed by atoms with Crippen LogP contribution in [0.5, 0.6) is 0 Å². The standard InChI is InChI=1S/C12H13FN4O/c1-8-3-4-10(13)9(5-8)12(18)17(2)6-11-14-7-15-16-11/h3-5,7H,6H2,1-2H3,(H,14,15,16). The van der Waals surface area contributed by atoms with E-state index < -0.39 is 5.82 Å². The average Bonchev–Trinajstić information content (AvgIpc) is 2.84. The van der Waals surface area contributed by atoms with E-state index in [1.165, 1.54) is 23.4 Å². The van der Waals surface area contributed by atoms with Crippen LogP contribution in [0.2, 0.25) is 0 Å². The second kappa shape index (κ2) is 4.95. The van der Waals surface area contributed by atoms with Crippen LogP contribution in [-0.2, 0) is 6.54 Å². The van der Waals surface area contributed by atoms with Gasteiger partial charge in [-0.25, -0.2) is 9.37 Å². The first-order valence-corrected chi connectivity index (χ1v) is 5.44. The number of carbonyl (C=O) groups excluding carboxylic acids is 1. The van der Waals surface area contributed by atoms with E-state index in [1.807, 2.05) is 6.92 Å². The summed E-state index contributed by atoms with van der Waals surface area (Å²) in [6, 6.07) is 4.46. The Morgan fingerprint density at radius 3 is 2.94 bits per heavy atom. The van der Waals surface area contributed by atoms with Gasteiger partial charge < -0.3 is 4.90 Å². The van der Waals surface area contributed by atoms with Gasteiger partial charge in [0.05, 0.1) is 12.1 Å². The van der Waals surface area contributed by atoms with Gasteiger partial charge in [-0.2, -0.15) is 5.10 Å².